The molecule has 25 heavy (non-hydrogen) atoms. The van der Waals surface area contributed by atoms with Crippen LogP contribution in [0.4, 0.5) is 10.1 Å². The summed E-state index contributed by atoms with van der Waals surface area (Å²) < 4.78 is 38.1. The van der Waals surface area contributed by atoms with E-state index in [0.29, 0.717) is 31.9 Å². The predicted octanol–water partition coefficient (Wildman–Crippen LogP) is 0.673. The minimum atomic E-state index is -3.59. The number of piperazine rings is 1. The van der Waals surface area contributed by atoms with Gasteiger partial charge in [0, 0.05) is 46.1 Å². The van der Waals surface area contributed by atoms with Gasteiger partial charge in [-0.25, -0.2) is 12.8 Å². The standard InChI is InChI=1S/C16H22FN3O4S/c1-13(21)18-9-11-19(12-10-18)16(22)7-8-20(25(2,23)24)15-5-3-14(17)4-6-15/h3-6H,7-12H2,1-2H3. The number of carbonyl (C=O) groups is 2. The molecule has 0 radical (unpaired) electrons. The second kappa shape index (κ2) is 7.81. The van der Waals surface area contributed by atoms with Crippen molar-refractivity contribution in [3.8, 4) is 0 Å². The van der Waals surface area contributed by atoms with Gasteiger partial charge in [-0.15, -0.1) is 0 Å². The average molecular weight is 371 g/mol. The molecule has 2 rings (SSSR count). The number of sulfonamides is 1. The molecule has 9 heteroatoms. The highest BCUT2D eigenvalue weighted by molar-refractivity contribution is 7.92. The number of hydrogen-bond acceptors (Lipinski definition) is 4. The molecule has 0 aromatic heterocycles. The van der Waals surface area contributed by atoms with Gasteiger partial charge in [-0.3, -0.25) is 13.9 Å². The van der Waals surface area contributed by atoms with Crippen molar-refractivity contribution in [1.29, 1.82) is 0 Å². The summed E-state index contributed by atoms with van der Waals surface area (Å²) in [5, 5.41) is 0. The van der Waals surface area contributed by atoms with Gasteiger partial charge in [0.05, 0.1) is 11.9 Å². The molecule has 1 fully saturated rings. The molecule has 1 aromatic rings. The summed E-state index contributed by atoms with van der Waals surface area (Å²) >= 11 is 0. The largest absolute Gasteiger partial charge is 0.339 e. The molecule has 1 saturated heterocycles. The van der Waals surface area contributed by atoms with E-state index >= 15 is 0 Å². The van der Waals surface area contributed by atoms with E-state index < -0.39 is 15.8 Å². The number of nitrogens with zero attached hydrogens (tertiary/aromatic N) is 3. The molecule has 1 aromatic carbocycles. The molecule has 0 unspecified atom stereocenters. The third-order valence-corrected chi connectivity index (χ3v) is 5.32. The maximum Gasteiger partial charge on any atom is 0.232 e. The summed E-state index contributed by atoms with van der Waals surface area (Å²) in [5.41, 5.74) is 0.318. The summed E-state index contributed by atoms with van der Waals surface area (Å²) in [7, 11) is -3.59. The van der Waals surface area contributed by atoms with Gasteiger partial charge in [-0.05, 0) is 24.3 Å². The number of halogens is 1. The van der Waals surface area contributed by atoms with Gasteiger partial charge in [0.15, 0.2) is 0 Å². The molecular weight excluding hydrogens is 349 g/mol. The van der Waals surface area contributed by atoms with Crippen LogP contribution in [-0.4, -0.2) is 69.0 Å². The zero-order valence-electron chi connectivity index (χ0n) is 14.3. The number of anilines is 1. The second-order valence-electron chi connectivity index (χ2n) is 5.95. The quantitative estimate of drug-likeness (QED) is 0.762. The lowest BCUT2D eigenvalue weighted by molar-refractivity contribution is -0.138. The van der Waals surface area contributed by atoms with Crippen molar-refractivity contribution in [3.63, 3.8) is 0 Å². The lowest BCUT2D eigenvalue weighted by Crippen LogP contribution is -2.50. The molecular formula is C16H22FN3O4S. The van der Waals surface area contributed by atoms with E-state index in [1.54, 1.807) is 9.80 Å². The molecule has 0 spiro atoms. The Morgan fingerprint density at radius 1 is 1.08 bits per heavy atom. The maximum absolute atomic E-state index is 13.0. The smallest absolute Gasteiger partial charge is 0.232 e. The summed E-state index contributed by atoms with van der Waals surface area (Å²) in [6.07, 6.45) is 1.07. The SMILES string of the molecule is CC(=O)N1CCN(C(=O)CCN(c2ccc(F)cc2)S(C)(=O)=O)CC1. The highest BCUT2D eigenvalue weighted by atomic mass is 32.2. The van der Waals surface area contributed by atoms with Crippen LogP contribution in [0.15, 0.2) is 24.3 Å². The fraction of sp³-hybridized carbons (Fsp3) is 0.500. The Balaban J connectivity index is 1.98. The van der Waals surface area contributed by atoms with E-state index in [4.69, 9.17) is 0 Å². The number of benzene rings is 1. The highest BCUT2D eigenvalue weighted by Crippen LogP contribution is 2.18. The first-order chi connectivity index (χ1) is 11.7. The fourth-order valence-corrected chi connectivity index (χ4v) is 3.65. The Morgan fingerprint density at radius 3 is 2.08 bits per heavy atom. The van der Waals surface area contributed by atoms with Crippen molar-refractivity contribution < 1.29 is 22.4 Å². The summed E-state index contributed by atoms with van der Waals surface area (Å²) in [6, 6.07) is 5.09. The minimum absolute atomic E-state index is 0.0176. The van der Waals surface area contributed by atoms with Crippen LogP contribution in [0.2, 0.25) is 0 Å². The van der Waals surface area contributed by atoms with Crippen molar-refractivity contribution in [1.82, 2.24) is 9.80 Å². The molecule has 1 heterocycles. The Hall–Kier alpha value is -2.16. The summed E-state index contributed by atoms with van der Waals surface area (Å²) in [5.74, 6) is -0.651. The van der Waals surface area contributed by atoms with Crippen LogP contribution in [-0.2, 0) is 19.6 Å². The molecule has 0 bridgehead atoms. The average Bonchev–Trinajstić information content (AvgIpc) is 2.55. The molecule has 2 amide bonds. The predicted molar refractivity (Wildman–Crippen MR) is 92.0 cm³/mol. The zero-order chi connectivity index (χ0) is 18.6. The van der Waals surface area contributed by atoms with Crippen molar-refractivity contribution >= 4 is 27.5 Å². The van der Waals surface area contributed by atoms with Crippen LogP contribution < -0.4 is 4.31 Å². The second-order valence-corrected chi connectivity index (χ2v) is 7.86. The van der Waals surface area contributed by atoms with Crippen LogP contribution in [0.1, 0.15) is 13.3 Å². The Kier molecular flexibility index (Phi) is 5.99. The normalized spacial score (nSPS) is 15.2. The van der Waals surface area contributed by atoms with E-state index in [0.717, 1.165) is 10.6 Å². The van der Waals surface area contributed by atoms with E-state index in [1.807, 2.05) is 0 Å². The first kappa shape index (κ1) is 19.2. The molecule has 1 aliphatic rings. The van der Waals surface area contributed by atoms with Crippen molar-refractivity contribution in [2.75, 3.05) is 43.3 Å². The van der Waals surface area contributed by atoms with Gasteiger partial charge in [0.25, 0.3) is 0 Å². The first-order valence-corrected chi connectivity index (χ1v) is 9.80. The molecule has 0 aliphatic carbocycles. The van der Waals surface area contributed by atoms with E-state index in [2.05, 4.69) is 0 Å². The molecule has 1 aliphatic heterocycles. The zero-order valence-corrected chi connectivity index (χ0v) is 15.1. The van der Waals surface area contributed by atoms with Gasteiger partial charge in [-0.2, -0.15) is 0 Å². The number of carbonyl (C=O) groups excluding carboxylic acids is 2. The molecule has 7 nitrogen and oxygen atoms in total. The maximum atomic E-state index is 13.0. The third-order valence-electron chi connectivity index (χ3n) is 4.12. The van der Waals surface area contributed by atoms with Crippen LogP contribution in [0, 0.1) is 5.82 Å². The Bertz CT molecular complexity index is 728. The van der Waals surface area contributed by atoms with Crippen LogP contribution in [0.3, 0.4) is 0 Å². The first-order valence-electron chi connectivity index (χ1n) is 7.95. The number of rotatable bonds is 5. The minimum Gasteiger partial charge on any atom is -0.339 e. The van der Waals surface area contributed by atoms with Crippen LogP contribution >= 0.6 is 0 Å². The Labute approximate surface area is 147 Å². The van der Waals surface area contributed by atoms with Gasteiger partial charge >= 0.3 is 0 Å². The van der Waals surface area contributed by atoms with E-state index in [9.17, 15) is 22.4 Å². The van der Waals surface area contributed by atoms with Crippen molar-refractivity contribution in [3.05, 3.63) is 30.1 Å². The highest BCUT2D eigenvalue weighted by Gasteiger charge is 2.24. The van der Waals surface area contributed by atoms with Crippen LogP contribution in [0.25, 0.3) is 0 Å². The van der Waals surface area contributed by atoms with Gasteiger partial charge in [-0.1, -0.05) is 0 Å². The van der Waals surface area contributed by atoms with Gasteiger partial charge in [0.2, 0.25) is 21.8 Å². The topological polar surface area (TPSA) is 78.0 Å². The lowest BCUT2D eigenvalue weighted by Gasteiger charge is -2.34. The molecule has 0 saturated carbocycles. The number of hydrogen-bond donors (Lipinski definition) is 0. The van der Waals surface area contributed by atoms with E-state index in [1.165, 1.54) is 31.2 Å². The Morgan fingerprint density at radius 2 is 1.60 bits per heavy atom. The number of amides is 2. The molecule has 0 N–H and O–H groups in total. The van der Waals surface area contributed by atoms with Crippen molar-refractivity contribution in [2.45, 2.75) is 13.3 Å². The molecule has 0 atom stereocenters. The summed E-state index contributed by atoms with van der Waals surface area (Å²) in [6.45, 7) is 3.31. The van der Waals surface area contributed by atoms with Gasteiger partial charge < -0.3 is 9.80 Å². The lowest BCUT2D eigenvalue weighted by atomic mass is 10.2. The monoisotopic (exact) mass is 371 g/mol. The van der Waals surface area contributed by atoms with Gasteiger partial charge in [0.1, 0.15) is 5.82 Å². The summed E-state index contributed by atoms with van der Waals surface area (Å²) in [4.78, 5) is 26.9. The fourth-order valence-electron chi connectivity index (χ4n) is 2.72. The van der Waals surface area contributed by atoms with Crippen molar-refractivity contribution in [2.24, 2.45) is 0 Å². The van der Waals surface area contributed by atoms with Crippen LogP contribution in [0.5, 0.6) is 0 Å². The third kappa shape index (κ3) is 5.15. The molecule has 138 valence electrons. The van der Waals surface area contributed by atoms with E-state index in [-0.39, 0.29) is 24.8 Å².